The number of nitrogens with zero attached hydrogens (tertiary/aromatic N) is 1. The van der Waals surface area contributed by atoms with E-state index in [0.717, 1.165) is 24.9 Å². The minimum Gasteiger partial charge on any atom is -0.348 e. The van der Waals surface area contributed by atoms with Crippen molar-refractivity contribution in [2.24, 2.45) is 5.14 Å². The van der Waals surface area contributed by atoms with Crippen molar-refractivity contribution in [1.82, 2.24) is 4.57 Å². The number of fused-ring (bicyclic) bond motifs is 1. The normalized spacial score (nSPS) is 14.2. The van der Waals surface area contributed by atoms with Gasteiger partial charge in [0, 0.05) is 23.5 Å². The van der Waals surface area contributed by atoms with Crippen LogP contribution in [0.5, 0.6) is 0 Å². The lowest BCUT2D eigenvalue weighted by molar-refractivity contribution is 0.598. The number of primary sulfonamides is 1. The molecule has 124 valence electrons. The van der Waals surface area contributed by atoms with Gasteiger partial charge in [-0.05, 0) is 55.9 Å². The Kier molecular flexibility index (Phi) is 4.34. The summed E-state index contributed by atoms with van der Waals surface area (Å²) in [5.74, 6) is 0. The van der Waals surface area contributed by atoms with Crippen LogP contribution in [-0.4, -0.2) is 13.0 Å². The molecule has 1 aromatic heterocycles. The Morgan fingerprint density at radius 1 is 1.22 bits per heavy atom. The van der Waals surface area contributed by atoms with Crippen LogP contribution >= 0.6 is 0 Å². The first-order valence-corrected chi connectivity index (χ1v) is 9.82. The number of nitrogens with two attached hydrogens (primary N) is 1. The molecule has 0 fully saturated rings. The van der Waals surface area contributed by atoms with E-state index in [2.05, 4.69) is 18.4 Å². The van der Waals surface area contributed by atoms with E-state index in [4.69, 9.17) is 5.14 Å². The van der Waals surface area contributed by atoms with Gasteiger partial charge in [-0.25, -0.2) is 13.6 Å². The second-order valence-electron chi connectivity index (χ2n) is 6.31. The highest BCUT2D eigenvalue weighted by Crippen LogP contribution is 2.37. The molecule has 3 rings (SSSR count). The van der Waals surface area contributed by atoms with Crippen LogP contribution in [-0.2, 0) is 29.4 Å². The molecule has 2 heterocycles. The lowest BCUT2D eigenvalue weighted by Crippen LogP contribution is -2.11. The maximum absolute atomic E-state index is 11.5. The van der Waals surface area contributed by atoms with Gasteiger partial charge >= 0.3 is 0 Å². The maximum atomic E-state index is 11.5. The lowest BCUT2D eigenvalue weighted by Gasteiger charge is -2.09. The molecule has 0 spiro atoms. The number of rotatable bonds is 5. The van der Waals surface area contributed by atoms with Gasteiger partial charge in [0.1, 0.15) is 0 Å². The van der Waals surface area contributed by atoms with E-state index >= 15 is 0 Å². The van der Waals surface area contributed by atoms with Crippen LogP contribution in [0.3, 0.4) is 0 Å². The van der Waals surface area contributed by atoms with Gasteiger partial charge in [0.2, 0.25) is 10.0 Å². The SMILES string of the molecule is CCCCc1c(-c2ccc(S(N)(=O)=O)cc2)c2n(c1C)CCC2. The van der Waals surface area contributed by atoms with Crippen molar-refractivity contribution in [3.63, 3.8) is 0 Å². The van der Waals surface area contributed by atoms with E-state index < -0.39 is 10.0 Å². The molecule has 1 aromatic carbocycles. The zero-order chi connectivity index (χ0) is 16.6. The predicted octanol–water partition coefficient (Wildman–Crippen LogP) is 3.40. The summed E-state index contributed by atoms with van der Waals surface area (Å²) in [5, 5.41) is 5.20. The zero-order valence-electron chi connectivity index (χ0n) is 13.8. The van der Waals surface area contributed by atoms with Crippen molar-refractivity contribution < 1.29 is 8.42 Å². The van der Waals surface area contributed by atoms with Crippen LogP contribution in [0.15, 0.2) is 29.2 Å². The standard InChI is InChI=1S/C18H24N2O2S/c1-3-4-6-16-13(2)20-12-5-7-17(20)18(16)14-8-10-15(11-9-14)23(19,21)22/h8-11H,3-7,12H2,1-2H3,(H2,19,21,22). The van der Waals surface area contributed by atoms with E-state index in [-0.39, 0.29) is 4.90 Å². The summed E-state index contributed by atoms with van der Waals surface area (Å²) in [6.45, 7) is 5.51. The molecule has 0 aliphatic carbocycles. The summed E-state index contributed by atoms with van der Waals surface area (Å²) in [6.07, 6.45) is 5.71. The lowest BCUT2D eigenvalue weighted by atomic mass is 9.95. The van der Waals surface area contributed by atoms with Crippen LogP contribution in [0.25, 0.3) is 11.1 Å². The molecule has 2 aromatic rings. The summed E-state index contributed by atoms with van der Waals surface area (Å²) < 4.78 is 25.3. The van der Waals surface area contributed by atoms with Gasteiger partial charge in [-0.3, -0.25) is 0 Å². The molecule has 0 saturated carbocycles. The van der Waals surface area contributed by atoms with E-state index in [1.54, 1.807) is 12.1 Å². The Balaban J connectivity index is 2.10. The van der Waals surface area contributed by atoms with E-state index in [9.17, 15) is 8.42 Å². The minimum atomic E-state index is -3.64. The Hall–Kier alpha value is -1.59. The highest BCUT2D eigenvalue weighted by molar-refractivity contribution is 7.89. The van der Waals surface area contributed by atoms with E-state index in [1.165, 1.54) is 41.8 Å². The molecular weight excluding hydrogens is 308 g/mol. The first-order chi connectivity index (χ1) is 10.9. The van der Waals surface area contributed by atoms with E-state index in [1.807, 2.05) is 12.1 Å². The zero-order valence-corrected chi connectivity index (χ0v) is 14.6. The van der Waals surface area contributed by atoms with E-state index in [0.29, 0.717) is 0 Å². The van der Waals surface area contributed by atoms with Gasteiger partial charge in [-0.15, -0.1) is 0 Å². The highest BCUT2D eigenvalue weighted by atomic mass is 32.2. The topological polar surface area (TPSA) is 65.1 Å². The van der Waals surface area contributed by atoms with Crippen molar-refractivity contribution in [3.05, 3.63) is 41.2 Å². The first-order valence-electron chi connectivity index (χ1n) is 8.27. The molecule has 0 bridgehead atoms. The summed E-state index contributed by atoms with van der Waals surface area (Å²) in [6, 6.07) is 7.01. The number of sulfonamides is 1. The molecule has 5 heteroatoms. The van der Waals surface area contributed by atoms with Gasteiger partial charge in [-0.2, -0.15) is 0 Å². The molecule has 1 aliphatic heterocycles. The molecular formula is C18H24N2O2S. The van der Waals surface area contributed by atoms with Crippen LogP contribution in [0.1, 0.15) is 43.1 Å². The van der Waals surface area contributed by atoms with Gasteiger partial charge in [0.15, 0.2) is 0 Å². The van der Waals surface area contributed by atoms with Crippen molar-refractivity contribution in [2.45, 2.75) is 57.4 Å². The van der Waals surface area contributed by atoms with Crippen molar-refractivity contribution in [2.75, 3.05) is 0 Å². The van der Waals surface area contributed by atoms with Gasteiger partial charge in [-0.1, -0.05) is 25.5 Å². The average molecular weight is 332 g/mol. The van der Waals surface area contributed by atoms with Crippen LogP contribution in [0.4, 0.5) is 0 Å². The van der Waals surface area contributed by atoms with Gasteiger partial charge < -0.3 is 4.57 Å². The van der Waals surface area contributed by atoms with Crippen molar-refractivity contribution >= 4 is 10.0 Å². The number of hydrogen-bond donors (Lipinski definition) is 1. The number of benzene rings is 1. The van der Waals surface area contributed by atoms with Crippen LogP contribution < -0.4 is 5.14 Å². The first kappa shape index (κ1) is 16.3. The number of hydrogen-bond acceptors (Lipinski definition) is 2. The van der Waals surface area contributed by atoms with Crippen LogP contribution in [0, 0.1) is 6.92 Å². The number of unbranched alkanes of at least 4 members (excludes halogenated alkanes) is 1. The monoisotopic (exact) mass is 332 g/mol. The smallest absolute Gasteiger partial charge is 0.238 e. The quantitative estimate of drug-likeness (QED) is 0.912. The second-order valence-corrected chi connectivity index (χ2v) is 7.88. The molecule has 0 amide bonds. The van der Waals surface area contributed by atoms with Crippen molar-refractivity contribution in [1.29, 1.82) is 0 Å². The second kappa shape index (κ2) is 6.13. The highest BCUT2D eigenvalue weighted by Gasteiger charge is 2.24. The summed E-state index contributed by atoms with van der Waals surface area (Å²) >= 11 is 0. The van der Waals surface area contributed by atoms with Gasteiger partial charge in [0.05, 0.1) is 4.90 Å². The molecule has 0 radical (unpaired) electrons. The Labute approximate surface area is 138 Å². The van der Waals surface area contributed by atoms with Crippen molar-refractivity contribution in [3.8, 4) is 11.1 Å². The molecule has 2 N–H and O–H groups in total. The molecule has 0 saturated heterocycles. The largest absolute Gasteiger partial charge is 0.348 e. The van der Waals surface area contributed by atoms with Crippen LogP contribution in [0.2, 0.25) is 0 Å². The third-order valence-electron chi connectivity index (χ3n) is 4.80. The Bertz CT molecular complexity index is 818. The fourth-order valence-corrected chi connectivity index (χ4v) is 4.15. The Morgan fingerprint density at radius 2 is 1.91 bits per heavy atom. The molecule has 1 aliphatic rings. The third kappa shape index (κ3) is 2.95. The fourth-order valence-electron chi connectivity index (χ4n) is 3.63. The molecule has 23 heavy (non-hydrogen) atoms. The Morgan fingerprint density at radius 3 is 2.52 bits per heavy atom. The summed E-state index contributed by atoms with van der Waals surface area (Å²) in [7, 11) is -3.64. The average Bonchev–Trinajstić information content (AvgIpc) is 3.07. The summed E-state index contributed by atoms with van der Waals surface area (Å²) in [5.41, 5.74) is 6.61. The molecule has 4 nitrogen and oxygen atoms in total. The minimum absolute atomic E-state index is 0.170. The fraction of sp³-hybridized carbons (Fsp3) is 0.444. The number of aromatic nitrogens is 1. The van der Waals surface area contributed by atoms with Gasteiger partial charge in [0.25, 0.3) is 0 Å². The molecule has 0 unspecified atom stereocenters. The predicted molar refractivity (Wildman–Crippen MR) is 92.9 cm³/mol. The maximum Gasteiger partial charge on any atom is 0.238 e. The molecule has 0 atom stereocenters. The third-order valence-corrected chi connectivity index (χ3v) is 5.73. The summed E-state index contributed by atoms with van der Waals surface area (Å²) in [4.78, 5) is 0.170.